The highest BCUT2D eigenvalue weighted by Gasteiger charge is 2.18. The zero-order valence-corrected chi connectivity index (χ0v) is 17.7. The van der Waals surface area contributed by atoms with Crippen LogP contribution in [0, 0.1) is 6.92 Å². The third kappa shape index (κ3) is 4.03. The zero-order chi connectivity index (χ0) is 21.9. The molecule has 0 bridgehead atoms. The van der Waals surface area contributed by atoms with E-state index >= 15 is 0 Å². The molecule has 0 saturated heterocycles. The largest absolute Gasteiger partial charge is 0.341 e. The first-order valence-corrected chi connectivity index (χ1v) is 10.6. The van der Waals surface area contributed by atoms with E-state index in [1.165, 1.54) is 5.56 Å². The van der Waals surface area contributed by atoms with Crippen LogP contribution in [0.5, 0.6) is 0 Å². The fraction of sp³-hybridized carbons (Fsp3) is 0.0714. The van der Waals surface area contributed by atoms with Crippen LogP contribution in [0.3, 0.4) is 0 Å². The van der Waals surface area contributed by atoms with Gasteiger partial charge in [0.15, 0.2) is 0 Å². The molecule has 1 heterocycles. The van der Waals surface area contributed by atoms with Gasteiger partial charge in [0.1, 0.15) is 5.82 Å². The molecule has 0 radical (unpaired) electrons. The first-order valence-electron chi connectivity index (χ1n) is 10.6. The van der Waals surface area contributed by atoms with Crippen LogP contribution in [0.4, 0.5) is 0 Å². The van der Waals surface area contributed by atoms with E-state index in [0.29, 0.717) is 5.56 Å². The molecule has 156 valence electrons. The van der Waals surface area contributed by atoms with Crippen molar-refractivity contribution in [3.63, 3.8) is 0 Å². The predicted molar refractivity (Wildman–Crippen MR) is 128 cm³/mol. The van der Waals surface area contributed by atoms with E-state index in [-0.39, 0.29) is 11.9 Å². The first-order chi connectivity index (χ1) is 15.7. The Hall–Kier alpha value is -4.18. The molecule has 1 aromatic heterocycles. The molecule has 0 aliphatic carbocycles. The van der Waals surface area contributed by atoms with Crippen molar-refractivity contribution in [1.29, 1.82) is 0 Å². The molecule has 0 aliphatic rings. The first kappa shape index (κ1) is 19.8. The van der Waals surface area contributed by atoms with Gasteiger partial charge in [-0.25, -0.2) is 4.98 Å². The van der Waals surface area contributed by atoms with Crippen molar-refractivity contribution in [2.75, 3.05) is 0 Å². The molecule has 4 nitrogen and oxygen atoms in total. The molecular formula is C28H23N3O. The molecule has 0 aliphatic heterocycles. The summed E-state index contributed by atoms with van der Waals surface area (Å²) in [5.74, 6) is 0.679. The Balaban J connectivity index is 1.39. The van der Waals surface area contributed by atoms with E-state index in [9.17, 15) is 4.79 Å². The maximum absolute atomic E-state index is 13.1. The minimum absolute atomic E-state index is 0.116. The van der Waals surface area contributed by atoms with Crippen molar-refractivity contribution < 1.29 is 4.79 Å². The van der Waals surface area contributed by atoms with E-state index < -0.39 is 0 Å². The maximum atomic E-state index is 13.1. The number of hydrogen-bond acceptors (Lipinski definition) is 2. The van der Waals surface area contributed by atoms with Gasteiger partial charge in [-0.1, -0.05) is 78.9 Å². The van der Waals surface area contributed by atoms with E-state index in [2.05, 4.69) is 34.3 Å². The number of imidazole rings is 1. The maximum Gasteiger partial charge on any atom is 0.252 e. The number of fused-ring (bicyclic) bond motifs is 1. The van der Waals surface area contributed by atoms with Crippen LogP contribution in [0.1, 0.15) is 33.1 Å². The van der Waals surface area contributed by atoms with E-state index in [0.717, 1.165) is 33.5 Å². The van der Waals surface area contributed by atoms with Gasteiger partial charge in [-0.05, 0) is 47.9 Å². The summed E-state index contributed by atoms with van der Waals surface area (Å²) in [6.07, 6.45) is 0. The number of aromatic amines is 1. The van der Waals surface area contributed by atoms with Crippen LogP contribution >= 0.6 is 0 Å². The second-order valence-electron chi connectivity index (χ2n) is 7.91. The summed E-state index contributed by atoms with van der Waals surface area (Å²) in [6, 6.07) is 33.5. The number of nitrogens with one attached hydrogen (secondary N) is 2. The lowest BCUT2D eigenvalue weighted by molar-refractivity contribution is 0.0943. The standard InChI is InChI=1S/C28H23N3O/c1-19-12-17-24-25(18-19)30-27(29-24)22-13-15-23(16-14-22)28(32)31-26(20-8-4-2-5-9-20)21-10-6-3-7-11-21/h2-18,26H,1H3,(H,29,30)(H,31,32). The van der Waals surface area contributed by atoms with Crippen molar-refractivity contribution in [2.24, 2.45) is 0 Å². The summed E-state index contributed by atoms with van der Waals surface area (Å²) in [6.45, 7) is 2.06. The fourth-order valence-electron chi connectivity index (χ4n) is 3.90. The van der Waals surface area contributed by atoms with E-state index in [1.54, 1.807) is 0 Å². The Labute approximate surface area is 187 Å². The second kappa shape index (κ2) is 8.52. The highest BCUT2D eigenvalue weighted by molar-refractivity contribution is 5.95. The van der Waals surface area contributed by atoms with Crippen molar-refractivity contribution in [3.05, 3.63) is 125 Å². The SMILES string of the molecule is Cc1ccc2nc(-c3ccc(C(=O)NC(c4ccccc4)c4ccccc4)cc3)[nH]c2c1. The van der Waals surface area contributed by atoms with Gasteiger partial charge in [-0.2, -0.15) is 0 Å². The molecule has 0 fully saturated rings. The van der Waals surface area contributed by atoms with E-state index in [1.807, 2.05) is 91.0 Å². The number of H-pyrrole nitrogens is 1. The van der Waals surface area contributed by atoms with Crippen molar-refractivity contribution in [2.45, 2.75) is 13.0 Å². The van der Waals surface area contributed by atoms with Gasteiger partial charge in [0.05, 0.1) is 17.1 Å². The number of benzene rings is 4. The molecule has 2 N–H and O–H groups in total. The number of amides is 1. The molecule has 4 aromatic carbocycles. The third-order valence-electron chi connectivity index (χ3n) is 5.60. The van der Waals surface area contributed by atoms with Gasteiger partial charge in [0.2, 0.25) is 0 Å². The number of rotatable bonds is 5. The third-order valence-corrected chi connectivity index (χ3v) is 5.60. The topological polar surface area (TPSA) is 57.8 Å². The summed E-state index contributed by atoms with van der Waals surface area (Å²) in [7, 11) is 0. The van der Waals surface area contributed by atoms with Gasteiger partial charge >= 0.3 is 0 Å². The molecular weight excluding hydrogens is 394 g/mol. The number of aryl methyl sites for hydroxylation is 1. The molecule has 32 heavy (non-hydrogen) atoms. The molecule has 5 rings (SSSR count). The molecule has 0 unspecified atom stereocenters. The van der Waals surface area contributed by atoms with Crippen LogP contribution < -0.4 is 5.32 Å². The number of nitrogens with zero attached hydrogens (tertiary/aromatic N) is 1. The highest BCUT2D eigenvalue weighted by atomic mass is 16.1. The fourth-order valence-corrected chi connectivity index (χ4v) is 3.90. The quantitative estimate of drug-likeness (QED) is 0.365. The molecule has 5 aromatic rings. The number of carbonyl (C=O) groups excluding carboxylic acids is 1. The zero-order valence-electron chi connectivity index (χ0n) is 17.7. The average molecular weight is 418 g/mol. The van der Waals surface area contributed by atoms with Gasteiger partial charge in [-0.3, -0.25) is 4.79 Å². The van der Waals surface area contributed by atoms with Crippen molar-refractivity contribution in [3.8, 4) is 11.4 Å². The summed E-state index contributed by atoms with van der Waals surface area (Å²) in [5, 5.41) is 3.19. The predicted octanol–water partition coefficient (Wildman–Crippen LogP) is 6.06. The van der Waals surface area contributed by atoms with Crippen LogP contribution in [0.25, 0.3) is 22.4 Å². The highest BCUT2D eigenvalue weighted by Crippen LogP contribution is 2.24. The lowest BCUT2D eigenvalue weighted by Crippen LogP contribution is -2.29. The smallest absolute Gasteiger partial charge is 0.252 e. The summed E-state index contributed by atoms with van der Waals surface area (Å²) >= 11 is 0. The Morgan fingerprint density at radius 3 is 2.06 bits per heavy atom. The lowest BCUT2D eigenvalue weighted by atomic mass is 9.98. The van der Waals surface area contributed by atoms with Crippen LogP contribution in [-0.2, 0) is 0 Å². The van der Waals surface area contributed by atoms with Crippen molar-refractivity contribution in [1.82, 2.24) is 15.3 Å². The van der Waals surface area contributed by atoms with Crippen LogP contribution in [0.2, 0.25) is 0 Å². The van der Waals surface area contributed by atoms with Crippen LogP contribution in [-0.4, -0.2) is 15.9 Å². The van der Waals surface area contributed by atoms with Crippen LogP contribution in [0.15, 0.2) is 103 Å². The summed E-state index contributed by atoms with van der Waals surface area (Å²) < 4.78 is 0. The normalized spacial score (nSPS) is 11.1. The Morgan fingerprint density at radius 1 is 0.812 bits per heavy atom. The molecule has 0 saturated carbocycles. The molecule has 0 atom stereocenters. The summed E-state index contributed by atoms with van der Waals surface area (Å²) in [5.41, 5.74) is 6.76. The van der Waals surface area contributed by atoms with Gasteiger partial charge in [0.25, 0.3) is 5.91 Å². The minimum Gasteiger partial charge on any atom is -0.341 e. The number of hydrogen-bond donors (Lipinski definition) is 2. The molecule has 4 heteroatoms. The second-order valence-corrected chi connectivity index (χ2v) is 7.91. The monoisotopic (exact) mass is 417 g/mol. The minimum atomic E-state index is -0.219. The Kier molecular flexibility index (Phi) is 5.26. The van der Waals surface area contributed by atoms with Gasteiger partial charge < -0.3 is 10.3 Å². The van der Waals surface area contributed by atoms with Gasteiger partial charge in [-0.15, -0.1) is 0 Å². The van der Waals surface area contributed by atoms with Gasteiger partial charge in [0, 0.05) is 11.1 Å². The molecule has 1 amide bonds. The molecule has 0 spiro atoms. The van der Waals surface area contributed by atoms with Crippen molar-refractivity contribution >= 4 is 16.9 Å². The Morgan fingerprint density at radius 2 is 1.44 bits per heavy atom. The van der Waals surface area contributed by atoms with E-state index in [4.69, 9.17) is 0 Å². The average Bonchev–Trinajstić information content (AvgIpc) is 3.27. The Bertz CT molecular complexity index is 1320. The summed E-state index contributed by atoms with van der Waals surface area (Å²) in [4.78, 5) is 21.1. The number of aromatic nitrogens is 2. The lowest BCUT2D eigenvalue weighted by Gasteiger charge is -2.20. The number of carbonyl (C=O) groups is 1.